The molecule has 0 saturated carbocycles. The van der Waals surface area contributed by atoms with Crippen molar-refractivity contribution in [2.45, 2.75) is 19.5 Å². The van der Waals surface area contributed by atoms with Gasteiger partial charge in [0.1, 0.15) is 11.9 Å². The summed E-state index contributed by atoms with van der Waals surface area (Å²) in [6, 6.07) is 5.65. The molecule has 1 aromatic heterocycles. The first-order valence-corrected chi connectivity index (χ1v) is 9.23. The van der Waals surface area contributed by atoms with Gasteiger partial charge in [0, 0.05) is 10.0 Å². The summed E-state index contributed by atoms with van der Waals surface area (Å²) in [4.78, 5) is 13.0. The Kier molecular flexibility index (Phi) is 6.01. The number of alkyl halides is 4. The van der Waals surface area contributed by atoms with Gasteiger partial charge in [-0.1, -0.05) is 11.6 Å². The van der Waals surface area contributed by atoms with E-state index in [4.69, 9.17) is 17.0 Å². The number of hydrogen-bond donors (Lipinski definition) is 1. The molecule has 0 bridgehead atoms. The highest BCUT2D eigenvalue weighted by Gasteiger charge is 2.28. The molecule has 0 atom stereocenters. The molecule has 156 valence electrons. The van der Waals surface area contributed by atoms with Crippen molar-refractivity contribution in [2.75, 3.05) is 0 Å². The maximum atomic E-state index is 13.7. The van der Waals surface area contributed by atoms with Crippen LogP contribution in [0.25, 0.3) is 11.0 Å². The zero-order valence-electron chi connectivity index (χ0n) is 14.6. The summed E-state index contributed by atoms with van der Waals surface area (Å²) in [6.07, 6.45) is -2.97. The molecule has 0 aliphatic rings. The summed E-state index contributed by atoms with van der Waals surface area (Å²) < 4.78 is 67.4. The Hall–Kier alpha value is -2.71. The van der Waals surface area contributed by atoms with Crippen molar-refractivity contribution < 1.29 is 26.7 Å². The monoisotopic (exact) mass is 506 g/mol. The molecule has 1 N–H and O–H groups in total. The van der Waals surface area contributed by atoms with E-state index in [1.807, 2.05) is 0 Å². The molecule has 5 nitrogen and oxygen atoms in total. The minimum Gasteiger partial charge on any atom is -0.304 e. The van der Waals surface area contributed by atoms with E-state index in [1.165, 1.54) is 0 Å². The van der Waals surface area contributed by atoms with E-state index in [1.54, 1.807) is 6.07 Å². The Balaban J connectivity index is 2.43. The summed E-state index contributed by atoms with van der Waals surface area (Å²) >= 11 is 9.00. The Labute approximate surface area is 178 Å². The van der Waals surface area contributed by atoms with E-state index < -0.39 is 53.4 Å². The lowest BCUT2D eigenvalue weighted by Gasteiger charge is -2.11. The lowest BCUT2D eigenvalue weighted by atomic mass is 9.97. The largest absolute Gasteiger partial charge is 0.321 e. The number of nitrogens with zero attached hydrogens (tertiary/aromatic N) is 3. The van der Waals surface area contributed by atoms with Crippen molar-refractivity contribution in [2.24, 2.45) is 0 Å². The van der Waals surface area contributed by atoms with E-state index in [2.05, 4.69) is 15.9 Å². The standard InChI is InChI=1S/C18H9BrClF5N4O/c19-10-4-12-15(29(17(24)25)18(27)28(12)6-13(22)23)9(5-26)14(10)16(30)8-3-7(21)1-2-11(8)20/h1-4,13,17,27H,6H2. The van der Waals surface area contributed by atoms with Gasteiger partial charge in [0.2, 0.25) is 5.62 Å². The minimum atomic E-state index is -3.35. The first-order valence-electron chi connectivity index (χ1n) is 8.06. The van der Waals surface area contributed by atoms with Crippen molar-refractivity contribution in [1.29, 1.82) is 10.7 Å². The summed E-state index contributed by atoms with van der Waals surface area (Å²) in [5, 5.41) is 17.4. The molecule has 0 aliphatic heterocycles. The number of carbonyl (C=O) groups excluding carboxylic acids is 1. The highest BCUT2D eigenvalue weighted by atomic mass is 79.9. The highest BCUT2D eigenvalue weighted by Crippen LogP contribution is 2.34. The van der Waals surface area contributed by atoms with Crippen molar-refractivity contribution in [3.8, 4) is 6.07 Å². The summed E-state index contributed by atoms with van der Waals surface area (Å²) in [6.45, 7) is -4.43. The summed E-state index contributed by atoms with van der Waals surface area (Å²) in [5.74, 6) is -1.74. The molecule has 12 heteroatoms. The fourth-order valence-corrected chi connectivity index (χ4v) is 3.87. The number of hydrogen-bond acceptors (Lipinski definition) is 3. The third-order valence-corrected chi connectivity index (χ3v) is 5.23. The molecule has 0 unspecified atom stereocenters. The topological polar surface area (TPSA) is 74.6 Å². The van der Waals surface area contributed by atoms with Gasteiger partial charge in [-0.2, -0.15) is 14.0 Å². The van der Waals surface area contributed by atoms with Gasteiger partial charge >= 0.3 is 6.55 Å². The molecule has 0 spiro atoms. The molecular weight excluding hydrogens is 499 g/mol. The molecule has 0 aliphatic carbocycles. The SMILES string of the molecule is N#Cc1c(C(=O)c2cc(F)ccc2Cl)c(Br)cc2c1n(C(F)F)c(=N)n2CC(F)F. The van der Waals surface area contributed by atoms with Gasteiger partial charge in [-0.3, -0.25) is 14.8 Å². The smallest absolute Gasteiger partial charge is 0.304 e. The number of aromatic nitrogens is 2. The quantitative estimate of drug-likeness (QED) is 0.379. The Morgan fingerprint density at radius 2 is 1.93 bits per heavy atom. The van der Waals surface area contributed by atoms with Crippen molar-refractivity contribution in [3.05, 3.63) is 61.9 Å². The van der Waals surface area contributed by atoms with Gasteiger partial charge in [-0.15, -0.1) is 0 Å². The Bertz CT molecular complexity index is 1280. The van der Waals surface area contributed by atoms with Crippen LogP contribution in [0, 0.1) is 22.6 Å². The average molecular weight is 508 g/mol. The maximum absolute atomic E-state index is 13.7. The average Bonchev–Trinajstić information content (AvgIpc) is 2.93. The lowest BCUT2D eigenvalue weighted by Crippen LogP contribution is -2.27. The third-order valence-electron chi connectivity index (χ3n) is 4.27. The van der Waals surface area contributed by atoms with Crippen LogP contribution in [0.5, 0.6) is 0 Å². The predicted octanol–water partition coefficient (Wildman–Crippen LogP) is 5.24. The van der Waals surface area contributed by atoms with Crippen molar-refractivity contribution in [3.63, 3.8) is 0 Å². The molecule has 0 amide bonds. The molecule has 3 rings (SSSR count). The van der Waals surface area contributed by atoms with Gasteiger partial charge < -0.3 is 4.57 Å². The van der Waals surface area contributed by atoms with E-state index in [9.17, 15) is 32.0 Å². The fraction of sp³-hybridized carbons (Fsp3) is 0.167. The van der Waals surface area contributed by atoms with Gasteiger partial charge in [0.05, 0.1) is 33.7 Å². The van der Waals surface area contributed by atoms with Crippen LogP contribution < -0.4 is 5.62 Å². The van der Waals surface area contributed by atoms with Gasteiger partial charge in [0.15, 0.2) is 5.78 Å². The first kappa shape index (κ1) is 22.0. The second kappa shape index (κ2) is 8.20. The third kappa shape index (κ3) is 3.61. The van der Waals surface area contributed by atoms with Crippen molar-refractivity contribution in [1.82, 2.24) is 9.13 Å². The van der Waals surface area contributed by atoms with Crippen LogP contribution in [0.2, 0.25) is 5.02 Å². The van der Waals surface area contributed by atoms with E-state index in [0.29, 0.717) is 4.57 Å². The molecule has 0 fully saturated rings. The van der Waals surface area contributed by atoms with Crippen LogP contribution >= 0.6 is 27.5 Å². The molecule has 1 heterocycles. The minimum absolute atomic E-state index is 0.0761. The number of nitrogens with one attached hydrogen (secondary N) is 1. The number of ketones is 1. The maximum Gasteiger partial charge on any atom is 0.321 e. The Morgan fingerprint density at radius 1 is 1.27 bits per heavy atom. The van der Waals surface area contributed by atoms with E-state index in [-0.39, 0.29) is 25.1 Å². The van der Waals surface area contributed by atoms with Crippen LogP contribution in [-0.4, -0.2) is 21.3 Å². The number of benzene rings is 2. The molecule has 0 radical (unpaired) electrons. The van der Waals surface area contributed by atoms with Crippen LogP contribution in [0.4, 0.5) is 22.0 Å². The second-order valence-corrected chi connectivity index (χ2v) is 7.28. The molecule has 3 aromatic rings. The van der Waals surface area contributed by atoms with Gasteiger partial charge in [-0.25, -0.2) is 13.2 Å². The number of nitriles is 1. The second-order valence-electron chi connectivity index (χ2n) is 6.01. The van der Waals surface area contributed by atoms with Crippen LogP contribution in [0.1, 0.15) is 28.0 Å². The number of carbonyl (C=O) groups is 1. The first-order chi connectivity index (χ1) is 14.1. The fourth-order valence-electron chi connectivity index (χ4n) is 3.08. The molecule has 30 heavy (non-hydrogen) atoms. The lowest BCUT2D eigenvalue weighted by molar-refractivity contribution is 0.0665. The number of fused-ring (bicyclic) bond motifs is 1. The molecule has 2 aromatic carbocycles. The van der Waals surface area contributed by atoms with Crippen LogP contribution in [0.3, 0.4) is 0 Å². The van der Waals surface area contributed by atoms with Gasteiger partial charge in [-0.05, 0) is 40.2 Å². The number of rotatable bonds is 5. The zero-order chi connectivity index (χ0) is 22.3. The molecular formula is C18H9BrClF5N4O. The van der Waals surface area contributed by atoms with E-state index >= 15 is 0 Å². The van der Waals surface area contributed by atoms with Crippen LogP contribution in [0.15, 0.2) is 28.7 Å². The Morgan fingerprint density at radius 3 is 2.50 bits per heavy atom. The predicted molar refractivity (Wildman–Crippen MR) is 100 cm³/mol. The summed E-state index contributed by atoms with van der Waals surface area (Å²) in [7, 11) is 0. The molecule has 0 saturated heterocycles. The number of halogens is 7. The van der Waals surface area contributed by atoms with Gasteiger partial charge in [0.25, 0.3) is 6.43 Å². The normalized spacial score (nSPS) is 11.5. The highest BCUT2D eigenvalue weighted by molar-refractivity contribution is 9.10. The number of imidazole rings is 1. The van der Waals surface area contributed by atoms with E-state index in [0.717, 1.165) is 24.3 Å². The summed E-state index contributed by atoms with van der Waals surface area (Å²) in [5.41, 5.74) is -3.15. The zero-order valence-corrected chi connectivity index (χ0v) is 16.9. The van der Waals surface area contributed by atoms with Crippen molar-refractivity contribution >= 4 is 44.3 Å². The van der Waals surface area contributed by atoms with Crippen LogP contribution in [-0.2, 0) is 6.54 Å².